The van der Waals surface area contributed by atoms with Crippen molar-refractivity contribution in [3.05, 3.63) is 35.4 Å². The molecule has 2 fully saturated rings. The maximum Gasteiger partial charge on any atom is 0.194 e. The number of hydrogen-bond acceptors (Lipinski definition) is 4. The van der Waals surface area contributed by atoms with Crippen molar-refractivity contribution in [1.29, 1.82) is 0 Å². The highest BCUT2D eigenvalue weighted by molar-refractivity contribution is 5.80. The number of hydrogen-bond donors (Lipinski definition) is 1. The number of likely N-dealkylation sites (N-methyl/N-ethyl adjacent to an activating group) is 1. The minimum absolute atomic E-state index is 0.141. The van der Waals surface area contributed by atoms with Gasteiger partial charge in [-0.2, -0.15) is 0 Å². The van der Waals surface area contributed by atoms with Crippen LogP contribution in [0.3, 0.4) is 0 Å². The van der Waals surface area contributed by atoms with E-state index in [1.165, 1.54) is 11.1 Å². The second-order valence-corrected chi connectivity index (χ2v) is 7.99. The van der Waals surface area contributed by atoms with E-state index in [9.17, 15) is 0 Å². The molecule has 1 aromatic carbocycles. The van der Waals surface area contributed by atoms with Gasteiger partial charge in [-0.25, -0.2) is 0 Å². The third-order valence-corrected chi connectivity index (χ3v) is 5.61. The van der Waals surface area contributed by atoms with Gasteiger partial charge in [-0.3, -0.25) is 4.99 Å². The fraction of sp³-hybridized carbons (Fsp3) is 0.682. The van der Waals surface area contributed by atoms with Crippen LogP contribution in [0, 0.1) is 6.92 Å². The van der Waals surface area contributed by atoms with Gasteiger partial charge in [0.1, 0.15) is 6.10 Å². The van der Waals surface area contributed by atoms with Crippen molar-refractivity contribution in [3.8, 4) is 0 Å². The van der Waals surface area contributed by atoms with Gasteiger partial charge < -0.3 is 24.6 Å². The van der Waals surface area contributed by atoms with Gasteiger partial charge in [-0.1, -0.05) is 29.8 Å². The van der Waals surface area contributed by atoms with Crippen LogP contribution in [0.25, 0.3) is 0 Å². The Bertz CT molecular complexity index is 626. The first-order chi connectivity index (χ1) is 13.6. The number of aryl methyl sites for hydroxylation is 1. The molecule has 2 saturated heterocycles. The van der Waals surface area contributed by atoms with Crippen LogP contribution in [-0.2, 0) is 9.47 Å². The zero-order valence-corrected chi connectivity index (χ0v) is 17.9. The Labute approximate surface area is 169 Å². The average molecular weight is 389 g/mol. The van der Waals surface area contributed by atoms with Crippen molar-refractivity contribution in [3.63, 3.8) is 0 Å². The van der Waals surface area contributed by atoms with Crippen LogP contribution < -0.4 is 5.32 Å². The highest BCUT2D eigenvalue weighted by Gasteiger charge is 2.32. The minimum Gasteiger partial charge on any atom is -0.375 e. The molecule has 2 aliphatic rings. The first-order valence-electron chi connectivity index (χ1n) is 10.6. The van der Waals surface area contributed by atoms with Gasteiger partial charge in [0.25, 0.3) is 0 Å². The number of morpholine rings is 1. The Balaban J connectivity index is 1.70. The second kappa shape index (κ2) is 10.2. The fourth-order valence-electron chi connectivity index (χ4n) is 3.94. The number of nitrogens with zero attached hydrogens (tertiary/aromatic N) is 3. The molecule has 0 aromatic heterocycles. The molecule has 156 valence electrons. The highest BCUT2D eigenvalue weighted by atomic mass is 16.5. The van der Waals surface area contributed by atoms with Crippen molar-refractivity contribution < 1.29 is 9.47 Å². The second-order valence-electron chi connectivity index (χ2n) is 7.99. The molecule has 0 bridgehead atoms. The van der Waals surface area contributed by atoms with E-state index in [-0.39, 0.29) is 18.2 Å². The van der Waals surface area contributed by atoms with Crippen LogP contribution in [0.15, 0.2) is 29.3 Å². The van der Waals surface area contributed by atoms with Crippen LogP contribution in [-0.4, -0.2) is 81.5 Å². The van der Waals surface area contributed by atoms with Crippen molar-refractivity contribution >= 4 is 5.96 Å². The summed E-state index contributed by atoms with van der Waals surface area (Å²) in [6.45, 7) is 9.12. The third-order valence-electron chi connectivity index (χ3n) is 5.61. The van der Waals surface area contributed by atoms with E-state index in [4.69, 9.17) is 14.5 Å². The van der Waals surface area contributed by atoms with Gasteiger partial charge in [0.05, 0.1) is 25.3 Å². The standard InChI is InChI=1S/C22H36N4O2/c1-5-23-22(26-12-14-28-21(16-26)20-7-6-13-27-20)24-15-19(25(3)4)18-10-8-17(2)9-11-18/h8-11,19-21H,5-7,12-16H2,1-4H3,(H,23,24). The molecule has 0 spiro atoms. The predicted molar refractivity (Wildman–Crippen MR) is 114 cm³/mol. The first-order valence-corrected chi connectivity index (χ1v) is 10.6. The zero-order valence-electron chi connectivity index (χ0n) is 17.9. The summed E-state index contributed by atoms with van der Waals surface area (Å²) in [7, 11) is 4.24. The molecule has 1 N–H and O–H groups in total. The van der Waals surface area contributed by atoms with Crippen LogP contribution in [0.1, 0.15) is 36.9 Å². The van der Waals surface area contributed by atoms with Gasteiger partial charge in [0, 0.05) is 26.2 Å². The van der Waals surface area contributed by atoms with Crippen molar-refractivity contribution in [2.75, 3.05) is 53.5 Å². The highest BCUT2D eigenvalue weighted by Crippen LogP contribution is 2.22. The van der Waals surface area contributed by atoms with Crippen LogP contribution >= 0.6 is 0 Å². The quantitative estimate of drug-likeness (QED) is 0.599. The molecule has 1 aromatic rings. The number of rotatable bonds is 6. The minimum atomic E-state index is 0.141. The van der Waals surface area contributed by atoms with Gasteiger partial charge in [-0.05, 0) is 46.3 Å². The van der Waals surface area contributed by atoms with Crippen LogP contribution in [0.4, 0.5) is 0 Å². The lowest BCUT2D eigenvalue weighted by atomic mass is 10.0. The van der Waals surface area contributed by atoms with Gasteiger partial charge in [0.15, 0.2) is 5.96 Å². The molecule has 3 unspecified atom stereocenters. The summed E-state index contributed by atoms with van der Waals surface area (Å²) >= 11 is 0. The lowest BCUT2D eigenvalue weighted by Gasteiger charge is -2.37. The summed E-state index contributed by atoms with van der Waals surface area (Å²) in [6.07, 6.45) is 2.61. The molecule has 6 heteroatoms. The van der Waals surface area contributed by atoms with E-state index in [1.807, 2.05) is 0 Å². The summed E-state index contributed by atoms with van der Waals surface area (Å²) in [5, 5.41) is 3.48. The molecule has 28 heavy (non-hydrogen) atoms. The molecule has 0 radical (unpaired) electrons. The Morgan fingerprint density at radius 3 is 2.61 bits per heavy atom. The van der Waals surface area contributed by atoms with Gasteiger partial charge in [0.2, 0.25) is 0 Å². The molecule has 3 atom stereocenters. The maximum absolute atomic E-state index is 6.01. The summed E-state index contributed by atoms with van der Waals surface area (Å²) in [4.78, 5) is 9.59. The van der Waals surface area contributed by atoms with Crippen LogP contribution in [0.5, 0.6) is 0 Å². The lowest BCUT2D eigenvalue weighted by Crippen LogP contribution is -2.53. The number of guanidine groups is 1. The predicted octanol–water partition coefficient (Wildman–Crippen LogP) is 2.44. The monoisotopic (exact) mass is 388 g/mol. The molecule has 2 heterocycles. The zero-order chi connectivity index (χ0) is 19.9. The Kier molecular flexibility index (Phi) is 7.71. The number of ether oxygens (including phenoxy) is 2. The summed E-state index contributed by atoms with van der Waals surface area (Å²) in [5.74, 6) is 0.979. The molecular formula is C22H36N4O2. The van der Waals surface area contributed by atoms with Crippen molar-refractivity contribution in [2.24, 2.45) is 4.99 Å². The number of benzene rings is 1. The van der Waals surface area contributed by atoms with Crippen molar-refractivity contribution in [2.45, 2.75) is 44.9 Å². The number of aliphatic imine (C=N–C) groups is 1. The van der Waals surface area contributed by atoms with E-state index in [0.717, 1.165) is 58.2 Å². The fourth-order valence-corrected chi connectivity index (χ4v) is 3.94. The Hall–Kier alpha value is -1.63. The summed E-state index contributed by atoms with van der Waals surface area (Å²) in [6, 6.07) is 9.03. The molecule has 0 saturated carbocycles. The molecule has 0 aliphatic carbocycles. The van der Waals surface area contributed by atoms with E-state index in [0.29, 0.717) is 0 Å². The molecular weight excluding hydrogens is 352 g/mol. The average Bonchev–Trinajstić information content (AvgIpc) is 3.23. The Morgan fingerprint density at radius 1 is 1.21 bits per heavy atom. The van der Waals surface area contributed by atoms with E-state index < -0.39 is 0 Å². The third kappa shape index (κ3) is 5.46. The molecule has 2 aliphatic heterocycles. The van der Waals surface area contributed by atoms with Gasteiger partial charge >= 0.3 is 0 Å². The van der Waals surface area contributed by atoms with E-state index >= 15 is 0 Å². The first kappa shape index (κ1) is 21.1. The van der Waals surface area contributed by atoms with E-state index in [2.05, 4.69) is 67.3 Å². The Morgan fingerprint density at radius 2 is 1.96 bits per heavy atom. The smallest absolute Gasteiger partial charge is 0.194 e. The molecule has 0 amide bonds. The number of nitrogens with one attached hydrogen (secondary N) is 1. The topological polar surface area (TPSA) is 49.3 Å². The summed E-state index contributed by atoms with van der Waals surface area (Å²) in [5.41, 5.74) is 2.58. The normalized spacial score (nSPS) is 24.6. The largest absolute Gasteiger partial charge is 0.375 e. The van der Waals surface area contributed by atoms with Crippen LogP contribution in [0.2, 0.25) is 0 Å². The molecule has 3 rings (SSSR count). The SMILES string of the molecule is CCNC(=NCC(c1ccc(C)cc1)N(C)C)N1CCOC(C2CCCO2)C1. The van der Waals surface area contributed by atoms with Gasteiger partial charge in [-0.15, -0.1) is 0 Å². The lowest BCUT2D eigenvalue weighted by molar-refractivity contribution is -0.0817. The van der Waals surface area contributed by atoms with Crippen molar-refractivity contribution in [1.82, 2.24) is 15.1 Å². The van der Waals surface area contributed by atoms with E-state index in [1.54, 1.807) is 0 Å². The molecule has 6 nitrogen and oxygen atoms in total. The summed E-state index contributed by atoms with van der Waals surface area (Å²) < 4.78 is 11.9. The maximum atomic E-state index is 6.01.